The Morgan fingerprint density at radius 1 is 1.05 bits per heavy atom. The van der Waals surface area contributed by atoms with Crippen LogP contribution < -0.4 is 5.32 Å². The molecule has 0 fully saturated rings. The van der Waals surface area contributed by atoms with E-state index in [-0.39, 0.29) is 12.2 Å². The van der Waals surface area contributed by atoms with Gasteiger partial charge in [-0.3, -0.25) is 9.78 Å². The molecule has 2 N–H and O–H groups in total. The Bertz CT molecular complexity index is 1480. The Morgan fingerprint density at radius 2 is 1.89 bits per heavy atom. The summed E-state index contributed by atoms with van der Waals surface area (Å²) < 4.78 is 10.6. The second-order valence-corrected chi connectivity index (χ2v) is 10.1. The fourth-order valence-corrected chi connectivity index (χ4v) is 5.87. The molecule has 4 aromatic rings. The van der Waals surface area contributed by atoms with Crippen molar-refractivity contribution >= 4 is 45.2 Å². The number of fused-ring (bicyclic) bond motifs is 2. The van der Waals surface area contributed by atoms with E-state index in [4.69, 9.17) is 9.47 Å². The largest absolute Gasteiger partial charge is 0.462 e. The molecule has 1 aliphatic rings. The van der Waals surface area contributed by atoms with Crippen LogP contribution in [0.3, 0.4) is 0 Å². The summed E-state index contributed by atoms with van der Waals surface area (Å²) in [4.78, 5) is 51.1. The molecule has 3 heterocycles. The number of anilines is 1. The average molecular weight is 533 g/mol. The molecule has 10 heteroatoms. The SMILES string of the molecule is CCOC(=O)c1c(NC(=O)COC(=O)c2ccc3nc(-c4cccnc4)[nH]c3c2)sc2c1CCCCCC2. The molecule has 0 spiro atoms. The van der Waals surface area contributed by atoms with Gasteiger partial charge in [0.05, 0.1) is 28.8 Å². The minimum Gasteiger partial charge on any atom is -0.462 e. The number of hydrogen-bond donors (Lipinski definition) is 2. The van der Waals surface area contributed by atoms with Gasteiger partial charge in [-0.1, -0.05) is 12.8 Å². The summed E-state index contributed by atoms with van der Waals surface area (Å²) in [6.45, 7) is 1.52. The highest BCUT2D eigenvalue weighted by Crippen LogP contribution is 2.37. The summed E-state index contributed by atoms with van der Waals surface area (Å²) >= 11 is 1.41. The van der Waals surface area contributed by atoms with Crippen molar-refractivity contribution in [1.29, 1.82) is 0 Å². The number of hydrogen-bond acceptors (Lipinski definition) is 8. The first-order valence-corrected chi connectivity index (χ1v) is 13.5. The topological polar surface area (TPSA) is 123 Å². The fourth-order valence-electron chi connectivity index (χ4n) is 4.58. The molecule has 0 saturated carbocycles. The maximum absolute atomic E-state index is 12.8. The van der Waals surface area contributed by atoms with Crippen molar-refractivity contribution in [3.63, 3.8) is 0 Å². The van der Waals surface area contributed by atoms with Gasteiger partial charge >= 0.3 is 11.9 Å². The highest BCUT2D eigenvalue weighted by Gasteiger charge is 2.26. The number of carbonyl (C=O) groups is 3. The predicted molar refractivity (Wildman–Crippen MR) is 144 cm³/mol. The number of aromatic nitrogens is 3. The molecule has 5 rings (SSSR count). The van der Waals surface area contributed by atoms with Crippen molar-refractivity contribution in [3.8, 4) is 11.4 Å². The molecule has 38 heavy (non-hydrogen) atoms. The zero-order valence-corrected chi connectivity index (χ0v) is 21.9. The Hall–Kier alpha value is -4.05. The Morgan fingerprint density at radius 3 is 2.68 bits per heavy atom. The van der Waals surface area contributed by atoms with Gasteiger partial charge in [-0.25, -0.2) is 14.6 Å². The minimum absolute atomic E-state index is 0.249. The van der Waals surface area contributed by atoms with E-state index < -0.39 is 24.5 Å². The van der Waals surface area contributed by atoms with E-state index in [1.54, 1.807) is 37.5 Å². The van der Waals surface area contributed by atoms with Gasteiger partial charge in [0.2, 0.25) is 0 Å². The molecule has 0 saturated heterocycles. The number of carbonyl (C=O) groups excluding carboxylic acids is 3. The second kappa shape index (κ2) is 11.6. The Balaban J connectivity index is 1.27. The number of pyridine rings is 1. The number of aryl methyl sites for hydroxylation is 1. The van der Waals surface area contributed by atoms with E-state index in [2.05, 4.69) is 20.3 Å². The molecule has 0 aliphatic heterocycles. The third-order valence-corrected chi connectivity index (χ3v) is 7.60. The van der Waals surface area contributed by atoms with E-state index >= 15 is 0 Å². The number of nitrogens with one attached hydrogen (secondary N) is 2. The molecule has 0 bridgehead atoms. The second-order valence-electron chi connectivity index (χ2n) is 9.03. The van der Waals surface area contributed by atoms with E-state index in [0.29, 0.717) is 27.4 Å². The lowest BCUT2D eigenvalue weighted by molar-refractivity contribution is -0.119. The maximum atomic E-state index is 12.8. The van der Waals surface area contributed by atoms with Crippen molar-refractivity contribution < 1.29 is 23.9 Å². The number of thiophene rings is 1. The van der Waals surface area contributed by atoms with Crippen LogP contribution in [0.25, 0.3) is 22.4 Å². The molecule has 9 nitrogen and oxygen atoms in total. The van der Waals surface area contributed by atoms with Crippen LogP contribution in [0.4, 0.5) is 5.00 Å². The van der Waals surface area contributed by atoms with Crippen LogP contribution in [0.5, 0.6) is 0 Å². The summed E-state index contributed by atoms with van der Waals surface area (Å²) in [5.74, 6) is -0.944. The minimum atomic E-state index is -0.636. The van der Waals surface area contributed by atoms with Crippen molar-refractivity contribution in [1.82, 2.24) is 15.0 Å². The van der Waals surface area contributed by atoms with Gasteiger partial charge in [-0.15, -0.1) is 11.3 Å². The summed E-state index contributed by atoms with van der Waals surface area (Å²) in [6, 6.07) is 8.67. The van der Waals surface area contributed by atoms with Gasteiger partial charge in [-0.05, 0) is 68.5 Å². The Kier molecular flexibility index (Phi) is 7.78. The van der Waals surface area contributed by atoms with Gasteiger partial charge in [0, 0.05) is 22.8 Å². The number of rotatable bonds is 7. The first kappa shape index (κ1) is 25.6. The smallest absolute Gasteiger partial charge is 0.341 e. The van der Waals surface area contributed by atoms with Gasteiger partial charge < -0.3 is 19.8 Å². The number of benzene rings is 1. The zero-order chi connectivity index (χ0) is 26.5. The zero-order valence-electron chi connectivity index (χ0n) is 21.0. The number of aromatic amines is 1. The van der Waals surface area contributed by atoms with Crippen LogP contribution in [-0.2, 0) is 27.1 Å². The number of H-pyrrole nitrogens is 1. The number of ether oxygens (including phenoxy) is 2. The quantitative estimate of drug-likeness (QED) is 0.309. The maximum Gasteiger partial charge on any atom is 0.341 e. The highest BCUT2D eigenvalue weighted by molar-refractivity contribution is 7.17. The summed E-state index contributed by atoms with van der Waals surface area (Å²) in [5.41, 5.74) is 3.88. The monoisotopic (exact) mass is 532 g/mol. The molecule has 196 valence electrons. The molecule has 0 unspecified atom stereocenters. The summed E-state index contributed by atoms with van der Waals surface area (Å²) in [5, 5.41) is 3.24. The van der Waals surface area contributed by atoms with E-state index in [0.717, 1.165) is 54.5 Å². The van der Waals surface area contributed by atoms with E-state index in [9.17, 15) is 14.4 Å². The van der Waals surface area contributed by atoms with Crippen molar-refractivity contribution in [3.05, 3.63) is 64.3 Å². The van der Waals surface area contributed by atoms with Crippen LogP contribution >= 0.6 is 11.3 Å². The number of amides is 1. The van der Waals surface area contributed by atoms with Crippen LogP contribution in [-0.4, -0.2) is 46.0 Å². The number of nitrogens with zero attached hydrogens (tertiary/aromatic N) is 2. The lowest BCUT2D eigenvalue weighted by Crippen LogP contribution is -2.22. The molecule has 3 aromatic heterocycles. The average Bonchev–Trinajstić information content (AvgIpc) is 3.48. The molecule has 1 aliphatic carbocycles. The van der Waals surface area contributed by atoms with Gasteiger partial charge in [0.15, 0.2) is 6.61 Å². The van der Waals surface area contributed by atoms with Crippen LogP contribution in [0.2, 0.25) is 0 Å². The van der Waals surface area contributed by atoms with Crippen molar-refractivity contribution in [2.24, 2.45) is 0 Å². The van der Waals surface area contributed by atoms with Crippen molar-refractivity contribution in [2.75, 3.05) is 18.5 Å². The van der Waals surface area contributed by atoms with Crippen LogP contribution in [0, 0.1) is 0 Å². The lowest BCUT2D eigenvalue weighted by atomic mass is 9.96. The van der Waals surface area contributed by atoms with Gasteiger partial charge in [-0.2, -0.15) is 0 Å². The molecular formula is C28H28N4O5S. The summed E-state index contributed by atoms with van der Waals surface area (Å²) in [6.07, 6.45) is 9.34. The third-order valence-electron chi connectivity index (χ3n) is 6.39. The van der Waals surface area contributed by atoms with Crippen molar-refractivity contribution in [2.45, 2.75) is 45.4 Å². The van der Waals surface area contributed by atoms with E-state index in [1.807, 2.05) is 12.1 Å². The first-order chi connectivity index (χ1) is 18.5. The summed E-state index contributed by atoms with van der Waals surface area (Å²) in [7, 11) is 0. The molecule has 1 amide bonds. The fraction of sp³-hybridized carbons (Fsp3) is 0.321. The Labute approximate surface area is 223 Å². The molecule has 0 atom stereocenters. The van der Waals surface area contributed by atoms with Gasteiger partial charge in [0.25, 0.3) is 5.91 Å². The standard InChI is InChI=1S/C28H28N4O5S/c1-2-36-28(35)24-19-9-5-3-4-6-10-22(19)38-26(24)32-23(33)16-37-27(34)17-11-12-20-21(14-17)31-25(30-20)18-8-7-13-29-15-18/h7-8,11-15H,2-6,9-10,16H2,1H3,(H,30,31)(H,32,33). The van der Waals surface area contributed by atoms with Crippen LogP contribution in [0.1, 0.15) is 63.8 Å². The van der Waals surface area contributed by atoms with Crippen LogP contribution in [0.15, 0.2) is 42.7 Å². The predicted octanol–water partition coefficient (Wildman–Crippen LogP) is 5.32. The number of esters is 2. The first-order valence-electron chi connectivity index (χ1n) is 12.7. The molecule has 0 radical (unpaired) electrons. The molecule has 1 aromatic carbocycles. The molecular weight excluding hydrogens is 504 g/mol. The van der Waals surface area contributed by atoms with E-state index in [1.165, 1.54) is 11.3 Å². The lowest BCUT2D eigenvalue weighted by Gasteiger charge is -2.11. The third kappa shape index (κ3) is 5.60. The number of imidazole rings is 1. The van der Waals surface area contributed by atoms with Gasteiger partial charge in [0.1, 0.15) is 10.8 Å². The normalized spacial score (nSPS) is 13.3. The highest BCUT2D eigenvalue weighted by atomic mass is 32.1.